The van der Waals surface area contributed by atoms with Crippen LogP contribution in [0, 0.1) is 26.3 Å². The summed E-state index contributed by atoms with van der Waals surface area (Å²) in [5.41, 5.74) is 6.30. The molecule has 186 valence electrons. The van der Waals surface area contributed by atoms with Crippen LogP contribution in [0.1, 0.15) is 48.1 Å². The van der Waals surface area contributed by atoms with Crippen molar-refractivity contribution in [2.24, 2.45) is 5.92 Å². The second kappa shape index (κ2) is 10.4. The first-order valence-electron chi connectivity index (χ1n) is 13.2. The van der Waals surface area contributed by atoms with Gasteiger partial charge in [-0.3, -0.25) is 0 Å². The summed E-state index contributed by atoms with van der Waals surface area (Å²) in [6.07, 6.45) is 5.55. The van der Waals surface area contributed by atoms with Crippen molar-refractivity contribution in [3.63, 3.8) is 0 Å². The number of aryl methyl sites for hydroxylation is 1. The maximum absolute atomic E-state index is 7.34. The lowest BCUT2D eigenvalue weighted by molar-refractivity contribution is 0.187. The van der Waals surface area contributed by atoms with E-state index in [1.807, 2.05) is 0 Å². The Bertz CT molecular complexity index is 1100. The molecule has 2 saturated heterocycles. The van der Waals surface area contributed by atoms with Crippen molar-refractivity contribution in [3.05, 3.63) is 52.0 Å². The van der Waals surface area contributed by atoms with E-state index in [1.54, 1.807) is 0 Å². The van der Waals surface area contributed by atoms with Crippen molar-refractivity contribution >= 4 is 11.5 Å². The topological polar surface area (TPSA) is 49.1 Å². The van der Waals surface area contributed by atoms with Crippen LogP contribution < -0.4 is 14.5 Å². The Morgan fingerprint density at radius 2 is 1.94 bits per heavy atom. The quantitative estimate of drug-likeness (QED) is 0.583. The fourth-order valence-electron chi connectivity index (χ4n) is 5.89. The Morgan fingerprint density at radius 3 is 2.74 bits per heavy atom. The lowest BCUT2D eigenvalue weighted by Gasteiger charge is -2.36. The third-order valence-corrected chi connectivity index (χ3v) is 8.18. The van der Waals surface area contributed by atoms with Crippen LogP contribution in [0.4, 0.5) is 11.5 Å². The van der Waals surface area contributed by atoms with Crippen molar-refractivity contribution in [1.29, 1.82) is 0 Å². The third kappa shape index (κ3) is 5.08. The molecule has 2 aromatic rings. The smallest absolute Gasteiger partial charge is 0.318 e. The van der Waals surface area contributed by atoms with Gasteiger partial charge in [-0.1, -0.05) is 12.1 Å². The van der Waals surface area contributed by atoms with E-state index in [4.69, 9.17) is 21.3 Å². The molecule has 0 aliphatic carbocycles. The van der Waals surface area contributed by atoms with E-state index in [2.05, 4.69) is 58.6 Å². The molecule has 1 aromatic carbocycles. The minimum absolute atomic E-state index is 0.415. The van der Waals surface area contributed by atoms with Gasteiger partial charge in [-0.2, -0.15) is 9.97 Å². The number of fused-ring (bicyclic) bond motifs is 1. The first-order chi connectivity index (χ1) is 17.0. The molecule has 5 rings (SSSR count). The van der Waals surface area contributed by atoms with Crippen LogP contribution in [-0.2, 0) is 13.0 Å². The molecule has 1 aromatic heterocycles. The number of likely N-dealkylation sites (tertiary alicyclic amines) is 1. The molecule has 0 saturated carbocycles. The monoisotopic (exact) mass is 474 g/mol. The molecule has 7 nitrogen and oxygen atoms in total. The Hall–Kier alpha value is -2.85. The number of piperidine rings is 1. The molecule has 4 heterocycles. The van der Waals surface area contributed by atoms with Crippen LogP contribution in [-0.4, -0.2) is 67.3 Å². The van der Waals surface area contributed by atoms with Gasteiger partial charge in [0.25, 0.3) is 0 Å². The van der Waals surface area contributed by atoms with Crippen LogP contribution >= 0.6 is 0 Å². The van der Waals surface area contributed by atoms with Crippen molar-refractivity contribution < 1.29 is 4.74 Å². The summed E-state index contributed by atoms with van der Waals surface area (Å²) in [7, 11) is 2.17. The predicted molar refractivity (Wildman–Crippen MR) is 140 cm³/mol. The summed E-state index contributed by atoms with van der Waals surface area (Å²) in [5.74, 6) is 1.46. The number of benzene rings is 1. The Labute approximate surface area is 209 Å². The summed E-state index contributed by atoms with van der Waals surface area (Å²) < 4.78 is 6.26. The summed E-state index contributed by atoms with van der Waals surface area (Å²) in [4.78, 5) is 20.9. The van der Waals surface area contributed by atoms with Gasteiger partial charge in [-0.25, -0.2) is 6.57 Å². The largest absolute Gasteiger partial charge is 0.462 e. The molecule has 0 spiro atoms. The fraction of sp³-hybridized carbons (Fsp3) is 0.607. The van der Waals surface area contributed by atoms with Crippen LogP contribution in [0.25, 0.3) is 4.85 Å². The van der Waals surface area contributed by atoms with Crippen LogP contribution in [0.2, 0.25) is 0 Å². The third-order valence-electron chi connectivity index (χ3n) is 8.18. The highest BCUT2D eigenvalue weighted by Gasteiger charge is 2.30. The summed E-state index contributed by atoms with van der Waals surface area (Å²) >= 11 is 0. The molecule has 0 N–H and O–H groups in total. The Kier molecular flexibility index (Phi) is 7.10. The standard InChI is InChI=1S/C28H38N6O/c1-20-8-5-11-26(21(20)2)33-15-12-24-25(18-33)30-28(35-19-23-10-7-13-32(23)4)31-27(24)34-14-6-9-22(17-34)16-29-3/h5,8,11,22-23H,6-7,9-10,12-19H2,1-2,4H3/t22-,23-/m0/s1. The number of aromatic nitrogens is 2. The van der Waals surface area contributed by atoms with Crippen LogP contribution in [0.5, 0.6) is 6.01 Å². The van der Waals surface area contributed by atoms with E-state index in [0.717, 1.165) is 63.5 Å². The Balaban J connectivity index is 1.44. The predicted octanol–water partition coefficient (Wildman–Crippen LogP) is 4.26. The van der Waals surface area contributed by atoms with E-state index in [9.17, 15) is 0 Å². The molecule has 3 aliphatic rings. The van der Waals surface area contributed by atoms with E-state index in [-0.39, 0.29) is 0 Å². The molecular formula is C28H38N6O. The zero-order valence-corrected chi connectivity index (χ0v) is 21.5. The second-order valence-electron chi connectivity index (χ2n) is 10.5. The average molecular weight is 475 g/mol. The van der Waals surface area contributed by atoms with E-state index >= 15 is 0 Å². The first kappa shape index (κ1) is 23.9. The van der Waals surface area contributed by atoms with Gasteiger partial charge < -0.3 is 24.3 Å². The van der Waals surface area contributed by atoms with Crippen LogP contribution in [0.3, 0.4) is 0 Å². The average Bonchev–Trinajstić information content (AvgIpc) is 3.28. The highest BCUT2D eigenvalue weighted by atomic mass is 16.5. The van der Waals surface area contributed by atoms with Crippen LogP contribution in [0.15, 0.2) is 18.2 Å². The molecule has 0 amide bonds. The number of nitrogens with zero attached hydrogens (tertiary/aromatic N) is 6. The van der Waals surface area contributed by atoms with Gasteiger partial charge in [-0.15, -0.1) is 0 Å². The molecule has 3 aliphatic heterocycles. The highest BCUT2D eigenvalue weighted by Crippen LogP contribution is 2.34. The maximum atomic E-state index is 7.34. The highest BCUT2D eigenvalue weighted by molar-refractivity contribution is 5.59. The molecule has 35 heavy (non-hydrogen) atoms. The summed E-state index contributed by atoms with van der Waals surface area (Å²) in [6, 6.07) is 7.49. The summed E-state index contributed by atoms with van der Waals surface area (Å²) in [5, 5.41) is 0. The first-order valence-corrected chi connectivity index (χ1v) is 13.2. The number of likely N-dealkylation sites (N-methyl/N-ethyl adjacent to an activating group) is 1. The second-order valence-corrected chi connectivity index (χ2v) is 10.5. The molecular weight excluding hydrogens is 436 g/mol. The number of ether oxygens (including phenoxy) is 1. The number of hydrogen-bond donors (Lipinski definition) is 0. The molecule has 0 bridgehead atoms. The van der Waals surface area contributed by atoms with Gasteiger partial charge in [-0.05, 0) is 76.7 Å². The van der Waals surface area contributed by atoms with Gasteiger partial charge >= 0.3 is 6.01 Å². The van der Waals surface area contributed by atoms with E-state index in [1.165, 1.54) is 35.2 Å². The van der Waals surface area contributed by atoms with Crippen molar-refractivity contribution in [2.75, 3.05) is 56.2 Å². The minimum Gasteiger partial charge on any atom is -0.462 e. The van der Waals surface area contributed by atoms with Gasteiger partial charge in [0.1, 0.15) is 12.4 Å². The lowest BCUT2D eigenvalue weighted by atomic mass is 9.96. The number of anilines is 2. The van der Waals surface area contributed by atoms with Gasteiger partial charge in [0, 0.05) is 42.8 Å². The molecule has 7 heteroatoms. The Morgan fingerprint density at radius 1 is 1.09 bits per heavy atom. The van der Waals surface area contributed by atoms with Gasteiger partial charge in [0.2, 0.25) is 6.54 Å². The molecule has 0 radical (unpaired) electrons. The van der Waals surface area contributed by atoms with Crippen molar-refractivity contribution in [3.8, 4) is 6.01 Å². The van der Waals surface area contributed by atoms with Crippen molar-refractivity contribution in [1.82, 2.24) is 14.9 Å². The van der Waals surface area contributed by atoms with Gasteiger partial charge in [0.05, 0.1) is 12.2 Å². The van der Waals surface area contributed by atoms with E-state index in [0.29, 0.717) is 31.1 Å². The van der Waals surface area contributed by atoms with E-state index < -0.39 is 0 Å². The van der Waals surface area contributed by atoms with Gasteiger partial charge in [0.15, 0.2) is 0 Å². The normalized spacial score (nSPS) is 22.7. The molecule has 2 fully saturated rings. The summed E-state index contributed by atoms with van der Waals surface area (Å²) in [6.45, 7) is 17.7. The zero-order chi connectivity index (χ0) is 24.4. The SMILES string of the molecule is [C-]#[N+]C[C@@H]1CCCN(c2nc(OC[C@@H]3CCCN3C)nc3c2CCN(c2cccc(C)c2C)C3)C1. The number of rotatable bonds is 6. The zero-order valence-electron chi connectivity index (χ0n) is 21.5. The lowest BCUT2D eigenvalue weighted by Crippen LogP contribution is -2.40. The molecule has 2 atom stereocenters. The molecule has 0 unspecified atom stereocenters. The van der Waals surface area contributed by atoms with Crippen molar-refractivity contribution in [2.45, 2.75) is 58.5 Å². The number of hydrogen-bond acceptors (Lipinski definition) is 6. The fourth-order valence-corrected chi connectivity index (χ4v) is 5.89. The maximum Gasteiger partial charge on any atom is 0.318 e. The minimum atomic E-state index is 0.415.